The van der Waals surface area contributed by atoms with Crippen LogP contribution in [0.2, 0.25) is 5.02 Å². The second kappa shape index (κ2) is 6.78. The summed E-state index contributed by atoms with van der Waals surface area (Å²) in [6, 6.07) is 14.2. The maximum absolute atomic E-state index is 6.11. The molecule has 1 N–H and O–H groups in total. The standard InChI is InChI=1S/C17H20ClNO/c1-12(2)19-11-14-8-9-16(13(3)10-14)20-17-7-5-4-6-15(17)18/h4-10,12,19H,11H2,1-3H3. The van der Waals surface area contributed by atoms with Crippen molar-refractivity contribution in [3.63, 3.8) is 0 Å². The molecule has 2 nitrogen and oxygen atoms in total. The Balaban J connectivity index is 2.12. The van der Waals surface area contributed by atoms with Crippen LogP contribution < -0.4 is 10.1 Å². The van der Waals surface area contributed by atoms with Crippen LogP contribution in [-0.2, 0) is 6.54 Å². The molecular formula is C17H20ClNO. The average molecular weight is 290 g/mol. The van der Waals surface area contributed by atoms with E-state index in [4.69, 9.17) is 16.3 Å². The molecule has 0 aromatic heterocycles. The number of benzene rings is 2. The maximum Gasteiger partial charge on any atom is 0.146 e. The molecule has 0 saturated carbocycles. The van der Waals surface area contributed by atoms with Crippen molar-refractivity contribution in [2.75, 3.05) is 0 Å². The SMILES string of the molecule is Cc1cc(CNC(C)C)ccc1Oc1ccccc1Cl. The van der Waals surface area contributed by atoms with Crippen LogP contribution in [0.5, 0.6) is 11.5 Å². The zero-order valence-electron chi connectivity index (χ0n) is 12.1. The Bertz CT molecular complexity index is 581. The number of halogens is 1. The average Bonchev–Trinajstić information content (AvgIpc) is 2.41. The summed E-state index contributed by atoms with van der Waals surface area (Å²) in [5.41, 5.74) is 2.36. The molecule has 0 fully saturated rings. The van der Waals surface area contributed by atoms with Gasteiger partial charge in [0.25, 0.3) is 0 Å². The number of hydrogen-bond acceptors (Lipinski definition) is 2. The van der Waals surface area contributed by atoms with E-state index < -0.39 is 0 Å². The lowest BCUT2D eigenvalue weighted by Crippen LogP contribution is -2.21. The van der Waals surface area contributed by atoms with Gasteiger partial charge in [0.05, 0.1) is 5.02 Å². The van der Waals surface area contributed by atoms with E-state index in [1.54, 1.807) is 0 Å². The van der Waals surface area contributed by atoms with Gasteiger partial charge in [-0.25, -0.2) is 0 Å². The fourth-order valence-corrected chi connectivity index (χ4v) is 2.08. The molecule has 0 aliphatic carbocycles. The Morgan fingerprint density at radius 2 is 1.85 bits per heavy atom. The summed E-state index contributed by atoms with van der Waals surface area (Å²) in [7, 11) is 0. The van der Waals surface area contributed by atoms with Crippen molar-refractivity contribution in [1.29, 1.82) is 0 Å². The van der Waals surface area contributed by atoms with Gasteiger partial charge in [-0.1, -0.05) is 49.7 Å². The van der Waals surface area contributed by atoms with Gasteiger partial charge in [-0.3, -0.25) is 0 Å². The lowest BCUT2D eigenvalue weighted by Gasteiger charge is -2.13. The number of para-hydroxylation sites is 1. The van der Waals surface area contributed by atoms with E-state index >= 15 is 0 Å². The van der Waals surface area contributed by atoms with Gasteiger partial charge in [-0.2, -0.15) is 0 Å². The first-order valence-corrected chi connectivity index (χ1v) is 7.19. The molecule has 0 aliphatic heterocycles. The number of nitrogens with one attached hydrogen (secondary N) is 1. The molecule has 0 radical (unpaired) electrons. The molecule has 2 aromatic carbocycles. The minimum atomic E-state index is 0.481. The largest absolute Gasteiger partial charge is 0.456 e. The highest BCUT2D eigenvalue weighted by molar-refractivity contribution is 6.32. The molecule has 2 rings (SSSR count). The minimum Gasteiger partial charge on any atom is -0.456 e. The summed E-state index contributed by atoms with van der Waals surface area (Å²) in [6.07, 6.45) is 0. The van der Waals surface area contributed by atoms with Crippen LogP contribution in [0.3, 0.4) is 0 Å². The highest BCUT2D eigenvalue weighted by Crippen LogP contribution is 2.31. The second-order valence-corrected chi connectivity index (χ2v) is 5.58. The monoisotopic (exact) mass is 289 g/mol. The zero-order valence-corrected chi connectivity index (χ0v) is 12.9. The van der Waals surface area contributed by atoms with Gasteiger partial charge in [-0.05, 0) is 36.2 Å². The van der Waals surface area contributed by atoms with Crippen molar-refractivity contribution in [2.45, 2.75) is 33.4 Å². The summed E-state index contributed by atoms with van der Waals surface area (Å²) in [5, 5.41) is 4.03. The summed E-state index contributed by atoms with van der Waals surface area (Å²) < 4.78 is 5.87. The molecule has 0 heterocycles. The number of rotatable bonds is 5. The van der Waals surface area contributed by atoms with E-state index in [1.807, 2.05) is 37.3 Å². The van der Waals surface area contributed by atoms with Crippen molar-refractivity contribution in [3.8, 4) is 11.5 Å². The van der Waals surface area contributed by atoms with E-state index in [0.717, 1.165) is 17.9 Å². The minimum absolute atomic E-state index is 0.481. The predicted octanol–water partition coefficient (Wildman–Crippen LogP) is 4.94. The van der Waals surface area contributed by atoms with Crippen LogP contribution >= 0.6 is 11.6 Å². The molecule has 0 bridgehead atoms. The van der Waals surface area contributed by atoms with Gasteiger partial charge in [-0.15, -0.1) is 0 Å². The van der Waals surface area contributed by atoms with Gasteiger partial charge in [0.1, 0.15) is 11.5 Å². The van der Waals surface area contributed by atoms with Gasteiger partial charge in [0, 0.05) is 12.6 Å². The van der Waals surface area contributed by atoms with E-state index in [0.29, 0.717) is 16.8 Å². The van der Waals surface area contributed by atoms with E-state index in [-0.39, 0.29) is 0 Å². The third-order valence-electron chi connectivity index (χ3n) is 3.01. The quantitative estimate of drug-likeness (QED) is 0.842. The summed E-state index contributed by atoms with van der Waals surface area (Å²) in [6.45, 7) is 7.19. The van der Waals surface area contributed by atoms with Crippen LogP contribution in [0, 0.1) is 6.92 Å². The Labute approximate surface area is 125 Å². The first-order valence-electron chi connectivity index (χ1n) is 6.81. The van der Waals surface area contributed by atoms with Crippen molar-refractivity contribution >= 4 is 11.6 Å². The molecule has 0 spiro atoms. The smallest absolute Gasteiger partial charge is 0.146 e. The Morgan fingerprint density at radius 3 is 2.50 bits per heavy atom. The van der Waals surface area contributed by atoms with Crippen LogP contribution in [0.4, 0.5) is 0 Å². The van der Waals surface area contributed by atoms with E-state index in [2.05, 4.69) is 31.3 Å². The fourth-order valence-electron chi connectivity index (χ4n) is 1.90. The first kappa shape index (κ1) is 14.9. The van der Waals surface area contributed by atoms with Crippen molar-refractivity contribution in [2.24, 2.45) is 0 Å². The van der Waals surface area contributed by atoms with Gasteiger partial charge in [0.2, 0.25) is 0 Å². The summed E-state index contributed by atoms with van der Waals surface area (Å²) in [4.78, 5) is 0. The van der Waals surface area contributed by atoms with Crippen LogP contribution in [0.25, 0.3) is 0 Å². The lowest BCUT2D eigenvalue weighted by atomic mass is 10.1. The summed E-state index contributed by atoms with van der Waals surface area (Å²) in [5.74, 6) is 1.52. The molecule has 2 aromatic rings. The number of hydrogen-bond donors (Lipinski definition) is 1. The topological polar surface area (TPSA) is 21.3 Å². The van der Waals surface area contributed by atoms with Gasteiger partial charge < -0.3 is 10.1 Å². The molecule has 0 aliphatic rings. The first-order chi connectivity index (χ1) is 9.56. The fraction of sp³-hybridized carbons (Fsp3) is 0.294. The molecule has 106 valence electrons. The van der Waals surface area contributed by atoms with Crippen molar-refractivity contribution in [3.05, 3.63) is 58.6 Å². The number of ether oxygens (including phenoxy) is 1. The molecule has 0 saturated heterocycles. The molecule has 20 heavy (non-hydrogen) atoms. The van der Waals surface area contributed by atoms with Gasteiger partial charge in [0.15, 0.2) is 0 Å². The van der Waals surface area contributed by atoms with Crippen molar-refractivity contribution in [1.82, 2.24) is 5.32 Å². The predicted molar refractivity (Wildman–Crippen MR) is 84.7 cm³/mol. The Morgan fingerprint density at radius 1 is 1.10 bits per heavy atom. The second-order valence-electron chi connectivity index (χ2n) is 5.17. The zero-order chi connectivity index (χ0) is 14.5. The summed E-state index contributed by atoms with van der Waals surface area (Å²) >= 11 is 6.11. The third kappa shape index (κ3) is 3.99. The molecule has 0 amide bonds. The van der Waals surface area contributed by atoms with Crippen LogP contribution in [0.15, 0.2) is 42.5 Å². The Hall–Kier alpha value is -1.51. The van der Waals surface area contributed by atoms with E-state index in [1.165, 1.54) is 5.56 Å². The number of aryl methyl sites for hydroxylation is 1. The van der Waals surface area contributed by atoms with Crippen molar-refractivity contribution < 1.29 is 4.74 Å². The maximum atomic E-state index is 6.11. The Kier molecular flexibility index (Phi) is 5.05. The highest BCUT2D eigenvalue weighted by atomic mass is 35.5. The van der Waals surface area contributed by atoms with Crippen LogP contribution in [-0.4, -0.2) is 6.04 Å². The van der Waals surface area contributed by atoms with E-state index in [9.17, 15) is 0 Å². The molecule has 0 unspecified atom stereocenters. The molecule has 0 atom stereocenters. The lowest BCUT2D eigenvalue weighted by molar-refractivity contribution is 0.478. The molecular weight excluding hydrogens is 270 g/mol. The normalized spacial score (nSPS) is 10.8. The van der Waals surface area contributed by atoms with Gasteiger partial charge >= 0.3 is 0 Å². The highest BCUT2D eigenvalue weighted by Gasteiger charge is 2.06. The van der Waals surface area contributed by atoms with Crippen LogP contribution in [0.1, 0.15) is 25.0 Å². The molecule has 3 heteroatoms. The third-order valence-corrected chi connectivity index (χ3v) is 3.32.